The van der Waals surface area contributed by atoms with Crippen molar-refractivity contribution in [2.75, 3.05) is 20.1 Å². The molecule has 1 heterocycles. The molecule has 1 N–H and O–H groups in total. The minimum Gasteiger partial charge on any atom is -0.318 e. The molecule has 0 amide bonds. The first kappa shape index (κ1) is 13.0. The van der Waals surface area contributed by atoms with E-state index in [4.69, 9.17) is 0 Å². The number of nitrogens with one attached hydrogen (secondary N) is 1. The first-order chi connectivity index (χ1) is 7.19. The highest BCUT2D eigenvalue weighted by Crippen LogP contribution is 2.24. The predicted molar refractivity (Wildman–Crippen MR) is 67.2 cm³/mol. The van der Waals surface area contributed by atoms with Crippen LogP contribution in [-0.2, 0) is 0 Å². The zero-order valence-electron chi connectivity index (χ0n) is 10.9. The van der Waals surface area contributed by atoms with Crippen LogP contribution in [-0.4, -0.2) is 37.1 Å². The molecule has 1 aliphatic rings. The number of rotatable bonds is 5. The van der Waals surface area contributed by atoms with Crippen LogP contribution in [0.1, 0.15) is 46.5 Å². The monoisotopic (exact) mass is 212 g/mol. The van der Waals surface area contributed by atoms with Gasteiger partial charge in [-0.25, -0.2) is 0 Å². The van der Waals surface area contributed by atoms with Gasteiger partial charge in [0.15, 0.2) is 0 Å². The largest absolute Gasteiger partial charge is 0.318 e. The van der Waals surface area contributed by atoms with Gasteiger partial charge in [-0.3, -0.25) is 4.90 Å². The summed E-state index contributed by atoms with van der Waals surface area (Å²) in [5.74, 6) is 0.886. The molecule has 0 aromatic rings. The van der Waals surface area contributed by atoms with Gasteiger partial charge in [0.2, 0.25) is 0 Å². The molecule has 0 radical (unpaired) electrons. The van der Waals surface area contributed by atoms with Gasteiger partial charge in [0.1, 0.15) is 0 Å². The van der Waals surface area contributed by atoms with E-state index in [0.29, 0.717) is 0 Å². The Morgan fingerprint density at radius 1 is 1.33 bits per heavy atom. The lowest BCUT2D eigenvalue weighted by Gasteiger charge is -2.42. The summed E-state index contributed by atoms with van der Waals surface area (Å²) < 4.78 is 0. The summed E-state index contributed by atoms with van der Waals surface area (Å²) >= 11 is 0. The number of likely N-dealkylation sites (N-methyl/N-ethyl adjacent to an activating group) is 1. The first-order valence-corrected chi connectivity index (χ1v) is 6.59. The van der Waals surface area contributed by atoms with Gasteiger partial charge in [0.25, 0.3) is 0 Å². The third kappa shape index (κ3) is 3.76. The van der Waals surface area contributed by atoms with E-state index in [2.05, 4.69) is 38.0 Å². The van der Waals surface area contributed by atoms with E-state index >= 15 is 0 Å². The maximum absolute atomic E-state index is 3.34. The number of piperidine rings is 1. The maximum Gasteiger partial charge on any atom is 0.0223 e. The Hall–Kier alpha value is -0.0800. The Balaban J connectivity index is 2.54. The van der Waals surface area contributed by atoms with Crippen LogP contribution in [0.2, 0.25) is 0 Å². The third-order valence-electron chi connectivity index (χ3n) is 3.70. The summed E-state index contributed by atoms with van der Waals surface area (Å²) in [5, 5.41) is 3.34. The Bertz CT molecular complexity index is 164. The SMILES string of the molecule is CCCC(CNC)N1CC(C)CCC1C. The minimum absolute atomic E-state index is 0.748. The Labute approximate surface area is 95.4 Å². The normalized spacial score (nSPS) is 30.4. The molecular formula is C13H28N2. The maximum atomic E-state index is 3.34. The second kappa shape index (κ2) is 6.49. The number of hydrogen-bond acceptors (Lipinski definition) is 2. The van der Waals surface area contributed by atoms with Crippen LogP contribution in [0.5, 0.6) is 0 Å². The van der Waals surface area contributed by atoms with Gasteiger partial charge in [-0.15, -0.1) is 0 Å². The molecule has 1 fully saturated rings. The van der Waals surface area contributed by atoms with Gasteiger partial charge in [-0.2, -0.15) is 0 Å². The molecule has 2 nitrogen and oxygen atoms in total. The van der Waals surface area contributed by atoms with Crippen molar-refractivity contribution in [2.24, 2.45) is 5.92 Å². The molecule has 1 aliphatic heterocycles. The highest BCUT2D eigenvalue weighted by Gasteiger charge is 2.27. The fraction of sp³-hybridized carbons (Fsp3) is 1.00. The molecule has 3 unspecified atom stereocenters. The van der Waals surface area contributed by atoms with Crippen molar-refractivity contribution in [3.05, 3.63) is 0 Å². The van der Waals surface area contributed by atoms with Crippen molar-refractivity contribution in [1.82, 2.24) is 10.2 Å². The molecule has 15 heavy (non-hydrogen) atoms. The average molecular weight is 212 g/mol. The minimum atomic E-state index is 0.748. The van der Waals surface area contributed by atoms with Gasteiger partial charge in [-0.1, -0.05) is 20.3 Å². The lowest BCUT2D eigenvalue weighted by molar-refractivity contribution is 0.0723. The Morgan fingerprint density at radius 2 is 2.07 bits per heavy atom. The van der Waals surface area contributed by atoms with Crippen LogP contribution in [0.3, 0.4) is 0 Å². The number of nitrogens with zero attached hydrogens (tertiary/aromatic N) is 1. The van der Waals surface area contributed by atoms with E-state index in [1.54, 1.807) is 0 Å². The highest BCUT2D eigenvalue weighted by molar-refractivity contribution is 4.83. The van der Waals surface area contributed by atoms with Crippen molar-refractivity contribution in [1.29, 1.82) is 0 Å². The molecule has 2 heteroatoms. The van der Waals surface area contributed by atoms with Crippen LogP contribution in [0.25, 0.3) is 0 Å². The molecule has 0 aromatic heterocycles. The molecule has 0 bridgehead atoms. The van der Waals surface area contributed by atoms with Crippen LogP contribution in [0.4, 0.5) is 0 Å². The highest BCUT2D eigenvalue weighted by atomic mass is 15.2. The Kier molecular flexibility index (Phi) is 5.62. The summed E-state index contributed by atoms with van der Waals surface area (Å²) in [4.78, 5) is 2.73. The third-order valence-corrected chi connectivity index (χ3v) is 3.70. The summed E-state index contributed by atoms with van der Waals surface area (Å²) in [6.07, 6.45) is 5.42. The zero-order valence-corrected chi connectivity index (χ0v) is 10.9. The summed E-state index contributed by atoms with van der Waals surface area (Å²) in [7, 11) is 2.07. The van der Waals surface area contributed by atoms with Crippen LogP contribution in [0.15, 0.2) is 0 Å². The summed E-state index contributed by atoms with van der Waals surface area (Å²) in [6, 6.07) is 1.53. The van der Waals surface area contributed by atoms with E-state index in [9.17, 15) is 0 Å². The fourth-order valence-electron chi connectivity index (χ4n) is 2.79. The van der Waals surface area contributed by atoms with Crippen molar-refractivity contribution < 1.29 is 0 Å². The smallest absolute Gasteiger partial charge is 0.0223 e. The molecule has 0 spiro atoms. The van der Waals surface area contributed by atoms with Gasteiger partial charge in [0.05, 0.1) is 0 Å². The second-order valence-corrected chi connectivity index (χ2v) is 5.23. The molecule has 0 aromatic carbocycles. The van der Waals surface area contributed by atoms with E-state index in [1.165, 1.54) is 32.2 Å². The quantitative estimate of drug-likeness (QED) is 0.753. The zero-order chi connectivity index (χ0) is 11.3. The lowest BCUT2D eigenvalue weighted by atomic mass is 9.92. The Morgan fingerprint density at radius 3 is 2.67 bits per heavy atom. The fourth-order valence-corrected chi connectivity index (χ4v) is 2.79. The molecule has 3 atom stereocenters. The van der Waals surface area contributed by atoms with Crippen molar-refractivity contribution in [2.45, 2.75) is 58.5 Å². The second-order valence-electron chi connectivity index (χ2n) is 5.23. The van der Waals surface area contributed by atoms with Crippen molar-refractivity contribution in [3.8, 4) is 0 Å². The lowest BCUT2D eigenvalue weighted by Crippen LogP contribution is -2.50. The standard InChI is InChI=1S/C13H28N2/c1-5-6-13(9-14-4)15-10-11(2)7-8-12(15)3/h11-14H,5-10H2,1-4H3. The van der Waals surface area contributed by atoms with Gasteiger partial charge < -0.3 is 5.32 Å². The topological polar surface area (TPSA) is 15.3 Å². The molecule has 0 saturated carbocycles. The molecule has 1 rings (SSSR count). The summed E-state index contributed by atoms with van der Waals surface area (Å²) in [5.41, 5.74) is 0. The van der Waals surface area contributed by atoms with E-state index in [1.807, 2.05) is 0 Å². The molecular weight excluding hydrogens is 184 g/mol. The number of likely N-dealkylation sites (tertiary alicyclic amines) is 1. The van der Waals surface area contributed by atoms with Crippen LogP contribution in [0, 0.1) is 5.92 Å². The van der Waals surface area contributed by atoms with Crippen LogP contribution >= 0.6 is 0 Å². The van der Waals surface area contributed by atoms with Crippen LogP contribution < -0.4 is 5.32 Å². The van der Waals surface area contributed by atoms with E-state index in [0.717, 1.165) is 24.5 Å². The first-order valence-electron chi connectivity index (χ1n) is 6.59. The van der Waals surface area contributed by atoms with E-state index in [-0.39, 0.29) is 0 Å². The summed E-state index contributed by atoms with van der Waals surface area (Å²) in [6.45, 7) is 9.52. The van der Waals surface area contributed by atoms with Crippen molar-refractivity contribution >= 4 is 0 Å². The van der Waals surface area contributed by atoms with Gasteiger partial charge >= 0.3 is 0 Å². The molecule has 90 valence electrons. The average Bonchev–Trinajstić information content (AvgIpc) is 2.21. The van der Waals surface area contributed by atoms with Crippen molar-refractivity contribution in [3.63, 3.8) is 0 Å². The molecule has 1 saturated heterocycles. The molecule has 0 aliphatic carbocycles. The van der Waals surface area contributed by atoms with Gasteiger partial charge in [0, 0.05) is 25.2 Å². The van der Waals surface area contributed by atoms with Gasteiger partial charge in [-0.05, 0) is 39.2 Å². The van der Waals surface area contributed by atoms with E-state index < -0.39 is 0 Å². The number of hydrogen-bond donors (Lipinski definition) is 1. The predicted octanol–water partition coefficient (Wildman–Crippen LogP) is 2.49.